The van der Waals surface area contributed by atoms with Crippen molar-refractivity contribution in [1.29, 1.82) is 0 Å². The molecule has 4 rings (SSSR count). The van der Waals surface area contributed by atoms with Crippen molar-refractivity contribution in [2.24, 2.45) is 5.73 Å². The molecule has 9 nitrogen and oxygen atoms in total. The third-order valence-electron chi connectivity index (χ3n) is 5.73. The zero-order valence-electron chi connectivity index (χ0n) is 20.8. The quantitative estimate of drug-likeness (QED) is 0.311. The zero-order chi connectivity index (χ0) is 26.8. The van der Waals surface area contributed by atoms with Gasteiger partial charge < -0.3 is 10.8 Å². The molecular weight excluding hydrogens is 490 g/mol. The SMILES string of the molecule is Cc1nc(C(N)=O)nn1-c1ccc(Cc2ccc(-c3ccc(S(=O)(=O)NCC(C)(C)O)cc3)cc2)cc1. The summed E-state index contributed by atoms with van der Waals surface area (Å²) in [5.41, 5.74) is 9.03. The highest BCUT2D eigenvalue weighted by Gasteiger charge is 2.19. The number of sulfonamides is 1. The number of hydrogen-bond donors (Lipinski definition) is 3. The Balaban J connectivity index is 1.42. The summed E-state index contributed by atoms with van der Waals surface area (Å²) in [5.74, 6) is -0.101. The standard InChI is InChI=1S/C27H29N5O4S/c1-18-30-26(25(28)33)31-32(18)23-12-6-20(7-13-23)16-19-4-8-21(9-5-19)22-10-14-24(15-11-22)37(35,36)29-17-27(2,3)34/h4-15,29,34H,16-17H2,1-3H3,(H2,28,33). The molecule has 0 saturated carbocycles. The van der Waals surface area contributed by atoms with Gasteiger partial charge in [-0.1, -0.05) is 48.5 Å². The predicted octanol–water partition coefficient (Wildman–Crippen LogP) is 2.98. The minimum Gasteiger partial charge on any atom is -0.389 e. The minimum absolute atomic E-state index is 0.0136. The lowest BCUT2D eigenvalue weighted by atomic mass is 10.0. The number of nitrogens with two attached hydrogens (primary N) is 1. The molecule has 3 aromatic carbocycles. The summed E-state index contributed by atoms with van der Waals surface area (Å²) in [6.07, 6.45) is 0.730. The Labute approximate surface area is 216 Å². The van der Waals surface area contributed by atoms with Crippen LogP contribution in [0.25, 0.3) is 16.8 Å². The first-order valence-corrected chi connectivity index (χ1v) is 13.1. The van der Waals surface area contributed by atoms with Crippen molar-refractivity contribution in [3.8, 4) is 16.8 Å². The number of hydrogen-bond acceptors (Lipinski definition) is 6. The fourth-order valence-electron chi connectivity index (χ4n) is 3.73. The molecule has 0 unspecified atom stereocenters. The van der Waals surface area contributed by atoms with Crippen LogP contribution >= 0.6 is 0 Å². The second kappa shape index (κ2) is 10.3. The van der Waals surface area contributed by atoms with Crippen LogP contribution < -0.4 is 10.5 Å². The number of primary amides is 1. The number of carbonyl (C=O) groups excluding carboxylic acids is 1. The average molecular weight is 520 g/mol. The number of benzene rings is 3. The van der Waals surface area contributed by atoms with Crippen molar-refractivity contribution >= 4 is 15.9 Å². The number of aliphatic hydroxyl groups is 1. The van der Waals surface area contributed by atoms with Crippen LogP contribution in [0.15, 0.2) is 77.7 Å². The summed E-state index contributed by atoms with van der Waals surface area (Å²) in [4.78, 5) is 15.6. The van der Waals surface area contributed by atoms with E-state index in [1.165, 1.54) is 0 Å². The van der Waals surface area contributed by atoms with Crippen molar-refractivity contribution in [3.05, 3.63) is 95.6 Å². The Morgan fingerprint density at radius 1 is 0.946 bits per heavy atom. The summed E-state index contributed by atoms with van der Waals surface area (Å²) in [6, 6.07) is 22.6. The van der Waals surface area contributed by atoms with Gasteiger partial charge in [0.25, 0.3) is 5.91 Å². The maximum atomic E-state index is 12.4. The average Bonchev–Trinajstić information content (AvgIpc) is 3.25. The lowest BCUT2D eigenvalue weighted by molar-refractivity contribution is 0.0857. The number of aromatic nitrogens is 3. The van der Waals surface area contributed by atoms with Gasteiger partial charge in [-0.2, -0.15) is 0 Å². The Hall–Kier alpha value is -3.86. The lowest BCUT2D eigenvalue weighted by Gasteiger charge is -2.17. The molecule has 10 heteroatoms. The molecule has 1 amide bonds. The van der Waals surface area contributed by atoms with E-state index in [9.17, 15) is 18.3 Å². The second-order valence-corrected chi connectivity index (χ2v) is 11.2. The minimum atomic E-state index is -3.70. The summed E-state index contributed by atoms with van der Waals surface area (Å²) >= 11 is 0. The number of amides is 1. The predicted molar refractivity (Wildman–Crippen MR) is 141 cm³/mol. The van der Waals surface area contributed by atoms with Crippen LogP contribution in [0.5, 0.6) is 0 Å². The summed E-state index contributed by atoms with van der Waals surface area (Å²) < 4.78 is 28.9. The fraction of sp³-hybridized carbons (Fsp3) is 0.222. The number of carbonyl (C=O) groups is 1. The maximum Gasteiger partial charge on any atom is 0.288 e. The highest BCUT2D eigenvalue weighted by Crippen LogP contribution is 2.23. The van der Waals surface area contributed by atoms with Crippen LogP contribution in [0.1, 0.15) is 41.4 Å². The molecule has 0 radical (unpaired) electrons. The number of nitrogens with one attached hydrogen (secondary N) is 1. The highest BCUT2D eigenvalue weighted by molar-refractivity contribution is 7.89. The van der Waals surface area contributed by atoms with Crippen LogP contribution in [0, 0.1) is 6.92 Å². The van der Waals surface area contributed by atoms with Crippen LogP contribution in [0.2, 0.25) is 0 Å². The summed E-state index contributed by atoms with van der Waals surface area (Å²) in [6.45, 7) is 4.77. The fourth-order valence-corrected chi connectivity index (χ4v) is 4.93. The van der Waals surface area contributed by atoms with Crippen LogP contribution in [-0.4, -0.2) is 46.3 Å². The van der Waals surface area contributed by atoms with Gasteiger partial charge in [-0.3, -0.25) is 4.79 Å². The molecule has 0 aliphatic rings. The normalized spacial score (nSPS) is 12.0. The molecule has 0 aliphatic carbocycles. The molecule has 4 N–H and O–H groups in total. The third kappa shape index (κ3) is 6.48. The maximum absolute atomic E-state index is 12.4. The molecule has 4 aromatic rings. The molecule has 0 bridgehead atoms. The summed E-state index contributed by atoms with van der Waals surface area (Å²) in [5, 5.41) is 13.9. The van der Waals surface area contributed by atoms with Crippen molar-refractivity contribution in [2.75, 3.05) is 6.54 Å². The van der Waals surface area contributed by atoms with Gasteiger partial charge in [0.15, 0.2) is 0 Å². The van der Waals surface area contributed by atoms with Gasteiger partial charge >= 0.3 is 0 Å². The van der Waals surface area contributed by atoms with Crippen molar-refractivity contribution in [3.63, 3.8) is 0 Å². The van der Waals surface area contributed by atoms with E-state index >= 15 is 0 Å². The molecule has 192 valence electrons. The van der Waals surface area contributed by atoms with Crippen LogP contribution in [0.3, 0.4) is 0 Å². The van der Waals surface area contributed by atoms with Gasteiger partial charge in [0.05, 0.1) is 16.2 Å². The number of rotatable bonds is 9. The Morgan fingerprint density at radius 3 is 1.95 bits per heavy atom. The molecular formula is C27H29N5O4S. The van der Waals surface area contributed by atoms with Gasteiger partial charge in [-0.15, -0.1) is 5.10 Å². The Morgan fingerprint density at radius 2 is 1.46 bits per heavy atom. The van der Waals surface area contributed by atoms with Crippen molar-refractivity contribution in [1.82, 2.24) is 19.5 Å². The van der Waals surface area contributed by atoms with Crippen molar-refractivity contribution in [2.45, 2.75) is 37.7 Å². The van der Waals surface area contributed by atoms with E-state index in [1.54, 1.807) is 49.7 Å². The number of aryl methyl sites for hydroxylation is 1. The van der Waals surface area contributed by atoms with E-state index < -0.39 is 21.5 Å². The Bertz CT molecular complexity index is 1500. The molecule has 1 aromatic heterocycles. The number of nitrogens with zero attached hydrogens (tertiary/aromatic N) is 3. The largest absolute Gasteiger partial charge is 0.389 e. The third-order valence-corrected chi connectivity index (χ3v) is 7.14. The van der Waals surface area contributed by atoms with Gasteiger partial charge in [-0.05, 0) is 73.7 Å². The van der Waals surface area contributed by atoms with Gasteiger partial charge in [0, 0.05) is 6.54 Å². The molecule has 0 spiro atoms. The molecule has 0 atom stereocenters. The highest BCUT2D eigenvalue weighted by atomic mass is 32.2. The second-order valence-electron chi connectivity index (χ2n) is 9.46. The molecule has 0 aliphatic heterocycles. The van der Waals surface area contributed by atoms with E-state index in [0.29, 0.717) is 5.82 Å². The first-order valence-electron chi connectivity index (χ1n) is 11.7. The van der Waals surface area contributed by atoms with E-state index in [4.69, 9.17) is 5.73 Å². The Kier molecular flexibility index (Phi) is 7.26. The van der Waals surface area contributed by atoms with Gasteiger partial charge in [0.2, 0.25) is 15.8 Å². The molecule has 0 fully saturated rings. The van der Waals surface area contributed by atoms with E-state index in [-0.39, 0.29) is 17.3 Å². The van der Waals surface area contributed by atoms with Gasteiger partial charge in [-0.25, -0.2) is 22.8 Å². The summed E-state index contributed by atoms with van der Waals surface area (Å²) in [7, 11) is -3.70. The van der Waals surface area contributed by atoms with Crippen LogP contribution in [-0.2, 0) is 16.4 Å². The monoisotopic (exact) mass is 519 g/mol. The van der Waals surface area contributed by atoms with E-state index in [0.717, 1.165) is 34.4 Å². The van der Waals surface area contributed by atoms with Crippen molar-refractivity contribution < 1.29 is 18.3 Å². The van der Waals surface area contributed by atoms with Gasteiger partial charge in [0.1, 0.15) is 5.82 Å². The first-order chi connectivity index (χ1) is 17.4. The van der Waals surface area contributed by atoms with E-state index in [1.807, 2.05) is 48.5 Å². The zero-order valence-corrected chi connectivity index (χ0v) is 21.7. The molecule has 37 heavy (non-hydrogen) atoms. The molecule has 1 heterocycles. The van der Waals surface area contributed by atoms with Crippen LogP contribution in [0.4, 0.5) is 0 Å². The molecule has 0 saturated heterocycles. The van der Waals surface area contributed by atoms with E-state index in [2.05, 4.69) is 14.8 Å². The first kappa shape index (κ1) is 26.2. The lowest BCUT2D eigenvalue weighted by Crippen LogP contribution is -2.38. The topological polar surface area (TPSA) is 140 Å². The smallest absolute Gasteiger partial charge is 0.288 e.